The van der Waals surface area contributed by atoms with E-state index in [2.05, 4.69) is 15.4 Å². The van der Waals surface area contributed by atoms with E-state index in [4.69, 9.17) is 34.0 Å². The van der Waals surface area contributed by atoms with Crippen LogP contribution in [0.3, 0.4) is 0 Å². The molecule has 3 rings (SSSR count). The van der Waals surface area contributed by atoms with Gasteiger partial charge in [0.25, 0.3) is 0 Å². The van der Waals surface area contributed by atoms with Crippen molar-refractivity contribution in [3.63, 3.8) is 0 Å². The first kappa shape index (κ1) is 17.7. The summed E-state index contributed by atoms with van der Waals surface area (Å²) in [7, 11) is 0. The molecule has 1 aromatic heterocycles. The molecule has 0 saturated heterocycles. The number of aliphatic hydroxyl groups is 1. The summed E-state index contributed by atoms with van der Waals surface area (Å²) in [6.45, 7) is 1.81. The highest BCUT2D eigenvalue weighted by atomic mass is 35.5. The quantitative estimate of drug-likeness (QED) is 0.736. The normalized spacial score (nSPS) is 16.6. The molecule has 7 nitrogen and oxygen atoms in total. The van der Waals surface area contributed by atoms with Crippen molar-refractivity contribution < 1.29 is 9.90 Å². The minimum Gasteiger partial charge on any atom is -0.396 e. The maximum absolute atomic E-state index is 12.1. The van der Waals surface area contributed by atoms with Gasteiger partial charge in [-0.25, -0.2) is 4.68 Å². The first-order chi connectivity index (χ1) is 11.9. The monoisotopic (exact) mass is 381 g/mol. The Bertz CT molecular complexity index is 862. The van der Waals surface area contributed by atoms with Crippen molar-refractivity contribution in [1.82, 2.24) is 14.8 Å². The van der Waals surface area contributed by atoms with Crippen molar-refractivity contribution in [2.24, 2.45) is 5.73 Å². The molecule has 9 heteroatoms. The van der Waals surface area contributed by atoms with Gasteiger partial charge in [0.05, 0.1) is 15.6 Å². The summed E-state index contributed by atoms with van der Waals surface area (Å²) in [5.41, 5.74) is 7.32. The van der Waals surface area contributed by atoms with Crippen LogP contribution in [0.15, 0.2) is 29.5 Å². The lowest BCUT2D eigenvalue weighted by Crippen LogP contribution is -2.31. The van der Waals surface area contributed by atoms with E-state index >= 15 is 0 Å². The Kier molecular flexibility index (Phi) is 4.99. The molecule has 0 aliphatic carbocycles. The van der Waals surface area contributed by atoms with Crippen LogP contribution in [-0.2, 0) is 11.2 Å². The molecular formula is C16H17Cl2N5O2. The topological polar surface area (TPSA) is 106 Å². The lowest BCUT2D eigenvalue weighted by Gasteiger charge is -2.27. The van der Waals surface area contributed by atoms with Crippen molar-refractivity contribution in [2.45, 2.75) is 25.8 Å². The summed E-state index contributed by atoms with van der Waals surface area (Å²) in [4.78, 5) is 16.5. The highest BCUT2D eigenvalue weighted by molar-refractivity contribution is 6.42. The summed E-state index contributed by atoms with van der Waals surface area (Å²) < 4.78 is 1.61. The predicted molar refractivity (Wildman–Crippen MR) is 95.5 cm³/mol. The maximum atomic E-state index is 12.1. The number of anilines is 1. The van der Waals surface area contributed by atoms with Gasteiger partial charge in [0.1, 0.15) is 6.04 Å². The Hall–Kier alpha value is -2.09. The van der Waals surface area contributed by atoms with Crippen LogP contribution in [0.1, 0.15) is 30.8 Å². The highest BCUT2D eigenvalue weighted by Gasteiger charge is 2.33. The molecule has 1 unspecified atom stereocenters. The number of aliphatic hydroxyl groups excluding tert-OH is 1. The van der Waals surface area contributed by atoms with Crippen molar-refractivity contribution in [2.75, 3.05) is 11.9 Å². The van der Waals surface area contributed by atoms with E-state index in [1.165, 1.54) is 0 Å². The Morgan fingerprint density at radius 2 is 2.16 bits per heavy atom. The van der Waals surface area contributed by atoms with Gasteiger partial charge < -0.3 is 16.2 Å². The summed E-state index contributed by atoms with van der Waals surface area (Å²) in [5.74, 6) is 0.519. The SMILES string of the molecule is CC1=C(C(N)=O)C(c2ccc(Cl)c(Cl)c2)n2nc(CCCO)nc2N1. The minimum atomic E-state index is -0.557. The van der Waals surface area contributed by atoms with Gasteiger partial charge in [0.2, 0.25) is 11.9 Å². The van der Waals surface area contributed by atoms with Gasteiger partial charge >= 0.3 is 0 Å². The number of fused-ring (bicyclic) bond motifs is 1. The number of carbonyl (C=O) groups excluding carboxylic acids is 1. The third-order valence-electron chi connectivity index (χ3n) is 3.98. The molecule has 132 valence electrons. The molecule has 0 saturated carbocycles. The Morgan fingerprint density at radius 3 is 2.80 bits per heavy atom. The van der Waals surface area contributed by atoms with Gasteiger partial charge in [-0.1, -0.05) is 29.3 Å². The molecule has 0 spiro atoms. The Morgan fingerprint density at radius 1 is 1.40 bits per heavy atom. The van der Waals surface area contributed by atoms with Gasteiger partial charge in [-0.2, -0.15) is 10.1 Å². The molecule has 1 aromatic carbocycles. The number of primary amides is 1. The molecule has 0 fully saturated rings. The van der Waals surface area contributed by atoms with Crippen molar-refractivity contribution >= 4 is 35.1 Å². The van der Waals surface area contributed by atoms with Gasteiger partial charge in [-0.05, 0) is 31.0 Å². The zero-order valence-electron chi connectivity index (χ0n) is 13.5. The number of carbonyl (C=O) groups is 1. The van der Waals surface area contributed by atoms with E-state index in [0.29, 0.717) is 45.9 Å². The Balaban J connectivity index is 2.13. The van der Waals surface area contributed by atoms with Crippen LogP contribution in [0.5, 0.6) is 0 Å². The largest absolute Gasteiger partial charge is 0.396 e. The summed E-state index contributed by atoms with van der Waals surface area (Å²) in [6.07, 6.45) is 1.08. The number of nitrogens with zero attached hydrogens (tertiary/aromatic N) is 3. The van der Waals surface area contributed by atoms with E-state index in [1.807, 2.05) is 0 Å². The number of nitrogens with two attached hydrogens (primary N) is 1. The molecule has 2 heterocycles. The number of hydrogen-bond acceptors (Lipinski definition) is 5. The fourth-order valence-electron chi connectivity index (χ4n) is 2.85. The van der Waals surface area contributed by atoms with E-state index < -0.39 is 11.9 Å². The van der Waals surface area contributed by atoms with E-state index in [9.17, 15) is 4.79 Å². The lowest BCUT2D eigenvalue weighted by molar-refractivity contribution is -0.115. The average Bonchev–Trinajstić information content (AvgIpc) is 2.96. The summed E-state index contributed by atoms with van der Waals surface area (Å²) in [6, 6.07) is 4.58. The van der Waals surface area contributed by atoms with Crippen LogP contribution in [-0.4, -0.2) is 32.4 Å². The van der Waals surface area contributed by atoms with Crippen LogP contribution < -0.4 is 11.1 Å². The van der Waals surface area contributed by atoms with Crippen LogP contribution in [0, 0.1) is 0 Å². The van der Waals surface area contributed by atoms with E-state index in [-0.39, 0.29) is 6.61 Å². The molecule has 0 bridgehead atoms. The molecule has 25 heavy (non-hydrogen) atoms. The molecule has 1 aliphatic rings. The molecule has 1 aliphatic heterocycles. The third kappa shape index (κ3) is 3.35. The van der Waals surface area contributed by atoms with E-state index in [0.717, 1.165) is 5.56 Å². The number of benzene rings is 1. The first-order valence-electron chi connectivity index (χ1n) is 7.71. The lowest BCUT2D eigenvalue weighted by atomic mass is 9.95. The zero-order valence-corrected chi connectivity index (χ0v) is 15.0. The van der Waals surface area contributed by atoms with Gasteiger partial charge in [0.15, 0.2) is 5.82 Å². The number of rotatable bonds is 5. The standard InChI is InChI=1S/C16H17Cl2N5O2/c1-8-13(15(19)25)14(9-4-5-10(17)11(18)7-9)23-16(20-8)21-12(22-23)3-2-6-24/h4-5,7,14,24H,2-3,6H2,1H3,(H2,19,25)(H,20,21,22). The van der Waals surface area contributed by atoms with Crippen molar-refractivity contribution in [3.05, 3.63) is 50.9 Å². The fourth-order valence-corrected chi connectivity index (χ4v) is 3.15. The molecule has 4 N–H and O–H groups in total. The number of amides is 1. The molecular weight excluding hydrogens is 365 g/mol. The second-order valence-electron chi connectivity index (χ2n) is 5.73. The van der Waals surface area contributed by atoms with Crippen LogP contribution >= 0.6 is 23.2 Å². The fraction of sp³-hybridized carbons (Fsp3) is 0.312. The van der Waals surface area contributed by atoms with Crippen LogP contribution in [0.25, 0.3) is 0 Å². The summed E-state index contributed by atoms with van der Waals surface area (Å²) >= 11 is 12.1. The maximum Gasteiger partial charge on any atom is 0.248 e. The van der Waals surface area contributed by atoms with Gasteiger partial charge in [-0.15, -0.1) is 0 Å². The predicted octanol–water partition coefficient (Wildman–Crippen LogP) is 2.28. The zero-order chi connectivity index (χ0) is 18.1. The van der Waals surface area contributed by atoms with Crippen LogP contribution in [0.4, 0.5) is 5.95 Å². The average molecular weight is 382 g/mol. The summed E-state index contributed by atoms with van der Waals surface area (Å²) in [5, 5.41) is 17.3. The van der Waals surface area contributed by atoms with E-state index in [1.54, 1.807) is 29.8 Å². The third-order valence-corrected chi connectivity index (χ3v) is 4.72. The Labute approximate surface area is 154 Å². The first-order valence-corrected chi connectivity index (χ1v) is 8.46. The van der Waals surface area contributed by atoms with Crippen molar-refractivity contribution in [1.29, 1.82) is 0 Å². The second-order valence-corrected chi connectivity index (χ2v) is 6.54. The van der Waals surface area contributed by atoms with Crippen molar-refractivity contribution in [3.8, 4) is 0 Å². The molecule has 2 aromatic rings. The molecule has 0 radical (unpaired) electrons. The number of aryl methyl sites for hydroxylation is 1. The number of hydrogen-bond donors (Lipinski definition) is 3. The highest BCUT2D eigenvalue weighted by Crippen LogP contribution is 2.37. The number of aromatic nitrogens is 3. The number of halogens is 2. The smallest absolute Gasteiger partial charge is 0.248 e. The molecule has 1 atom stereocenters. The van der Waals surface area contributed by atoms with Crippen LogP contribution in [0.2, 0.25) is 10.0 Å². The number of allylic oxidation sites excluding steroid dienone is 1. The van der Waals surface area contributed by atoms with Gasteiger partial charge in [0, 0.05) is 18.7 Å². The molecule has 1 amide bonds. The second kappa shape index (κ2) is 7.03. The number of nitrogens with one attached hydrogen (secondary N) is 1. The van der Waals surface area contributed by atoms with Gasteiger partial charge in [-0.3, -0.25) is 4.79 Å². The minimum absolute atomic E-state index is 0.0529.